The van der Waals surface area contributed by atoms with Gasteiger partial charge in [-0.15, -0.1) is 0 Å². The van der Waals surface area contributed by atoms with E-state index in [1.165, 1.54) is 24.3 Å². The molecule has 2 heterocycles. The first-order valence-corrected chi connectivity index (χ1v) is 14.8. The molecule has 0 radical (unpaired) electrons. The third kappa shape index (κ3) is 7.69. The summed E-state index contributed by atoms with van der Waals surface area (Å²) in [5.74, 6) is -1.47. The second-order valence-electron chi connectivity index (χ2n) is 10.0. The van der Waals surface area contributed by atoms with E-state index in [0.29, 0.717) is 21.2 Å². The lowest BCUT2D eigenvalue weighted by Gasteiger charge is -2.33. The number of carbonyl (C=O) groups is 2. The molecule has 2 N–H and O–H groups in total. The predicted octanol–water partition coefficient (Wildman–Crippen LogP) is 8.12. The SMILES string of the molecule is O=C1CO[C@@H](c2ccc(Cl)c(F)c2)[C@@H](c2ccc(Cl)cc2)N1.O=C1CO[C@H](c2ccc(Cl)c(F)c2)[C@H](c2ccc(Cl)cc2)N1. The number of hydrogen-bond acceptors (Lipinski definition) is 4. The molecule has 2 fully saturated rings. The van der Waals surface area contributed by atoms with E-state index in [-0.39, 0.29) is 35.1 Å². The molecule has 0 aromatic heterocycles. The average molecular weight is 680 g/mol. The lowest BCUT2D eigenvalue weighted by Crippen LogP contribution is -2.41. The molecule has 2 aliphatic rings. The summed E-state index contributed by atoms with van der Waals surface area (Å²) in [4.78, 5) is 23.3. The minimum Gasteiger partial charge on any atom is -0.361 e. The van der Waals surface area contributed by atoms with Crippen molar-refractivity contribution in [2.45, 2.75) is 24.3 Å². The lowest BCUT2D eigenvalue weighted by molar-refractivity contribution is -0.138. The van der Waals surface area contributed by atoms with E-state index in [1.807, 2.05) is 0 Å². The van der Waals surface area contributed by atoms with Crippen molar-refractivity contribution in [2.75, 3.05) is 13.2 Å². The first kappa shape index (κ1) is 32.2. The Morgan fingerprint density at radius 3 is 1.23 bits per heavy atom. The Kier molecular flexibility index (Phi) is 10.4. The van der Waals surface area contributed by atoms with Gasteiger partial charge in [0, 0.05) is 10.0 Å². The maximum atomic E-state index is 13.7. The number of halogens is 6. The van der Waals surface area contributed by atoms with E-state index in [2.05, 4.69) is 10.6 Å². The third-order valence-electron chi connectivity index (χ3n) is 7.03. The quantitative estimate of drug-likeness (QED) is 0.228. The number of nitrogens with one attached hydrogen (secondary N) is 2. The van der Waals surface area contributed by atoms with Crippen LogP contribution in [0.4, 0.5) is 8.78 Å². The van der Waals surface area contributed by atoms with Crippen molar-refractivity contribution in [3.63, 3.8) is 0 Å². The largest absolute Gasteiger partial charge is 0.361 e. The van der Waals surface area contributed by atoms with E-state index >= 15 is 0 Å². The van der Waals surface area contributed by atoms with Crippen LogP contribution in [0.25, 0.3) is 0 Å². The second kappa shape index (κ2) is 14.2. The van der Waals surface area contributed by atoms with Gasteiger partial charge in [0.2, 0.25) is 11.8 Å². The van der Waals surface area contributed by atoms with Crippen LogP contribution in [0.2, 0.25) is 20.1 Å². The van der Waals surface area contributed by atoms with Crippen LogP contribution in [0.5, 0.6) is 0 Å². The van der Waals surface area contributed by atoms with E-state index in [0.717, 1.165) is 11.1 Å². The topological polar surface area (TPSA) is 76.7 Å². The van der Waals surface area contributed by atoms with Crippen LogP contribution in [0.15, 0.2) is 84.9 Å². The summed E-state index contributed by atoms with van der Waals surface area (Å²) < 4.78 is 38.6. The zero-order valence-corrected chi connectivity index (χ0v) is 25.7. The Bertz CT molecular complexity index is 1530. The maximum absolute atomic E-state index is 13.7. The number of rotatable bonds is 4. The Morgan fingerprint density at radius 2 is 0.886 bits per heavy atom. The van der Waals surface area contributed by atoms with E-state index < -0.39 is 35.9 Å². The van der Waals surface area contributed by atoms with Crippen molar-refractivity contribution >= 4 is 58.2 Å². The van der Waals surface area contributed by atoms with Gasteiger partial charge in [-0.25, -0.2) is 8.78 Å². The van der Waals surface area contributed by atoms with E-state index in [9.17, 15) is 18.4 Å². The van der Waals surface area contributed by atoms with Gasteiger partial charge in [0.15, 0.2) is 0 Å². The molecule has 0 bridgehead atoms. The highest BCUT2D eigenvalue weighted by Crippen LogP contribution is 2.37. The number of morpholine rings is 2. The number of benzene rings is 4. The molecular weight excluding hydrogens is 656 g/mol. The van der Waals surface area contributed by atoms with Crippen LogP contribution < -0.4 is 10.6 Å². The van der Waals surface area contributed by atoms with Crippen molar-refractivity contribution in [3.8, 4) is 0 Å². The molecule has 4 atom stereocenters. The van der Waals surface area contributed by atoms with Crippen LogP contribution in [-0.2, 0) is 19.1 Å². The molecule has 4 aromatic rings. The maximum Gasteiger partial charge on any atom is 0.246 e. The number of hydrogen-bond donors (Lipinski definition) is 2. The minimum atomic E-state index is -0.519. The highest BCUT2D eigenvalue weighted by atomic mass is 35.5. The highest BCUT2D eigenvalue weighted by Gasteiger charge is 2.33. The van der Waals surface area contributed by atoms with Crippen molar-refractivity contribution in [1.82, 2.24) is 10.6 Å². The molecule has 2 amide bonds. The zero-order chi connectivity index (χ0) is 31.4. The van der Waals surface area contributed by atoms with Gasteiger partial charge >= 0.3 is 0 Å². The fraction of sp³-hybridized carbons (Fsp3) is 0.188. The van der Waals surface area contributed by atoms with Crippen molar-refractivity contribution < 1.29 is 27.8 Å². The smallest absolute Gasteiger partial charge is 0.246 e. The summed E-state index contributed by atoms with van der Waals surface area (Å²) in [6, 6.07) is 22.3. The fourth-order valence-corrected chi connectivity index (χ4v) is 5.40. The normalized spacial score (nSPS) is 21.5. The Balaban J connectivity index is 0.000000175. The average Bonchev–Trinajstić information content (AvgIpc) is 3.01. The molecular formula is C32H24Cl4F2N2O4. The predicted molar refractivity (Wildman–Crippen MR) is 165 cm³/mol. The number of ether oxygens (including phenoxy) is 2. The number of amides is 2. The molecule has 2 saturated heterocycles. The highest BCUT2D eigenvalue weighted by molar-refractivity contribution is 6.31. The van der Waals surface area contributed by atoms with Gasteiger partial charge in [-0.1, -0.05) is 82.8 Å². The Labute approximate surface area is 272 Å². The summed E-state index contributed by atoms with van der Waals surface area (Å²) in [6.07, 6.45) is -0.990. The summed E-state index contributed by atoms with van der Waals surface area (Å²) in [5, 5.41) is 7.04. The first-order valence-electron chi connectivity index (χ1n) is 13.3. The van der Waals surface area contributed by atoms with Gasteiger partial charge in [0.1, 0.15) is 37.1 Å². The minimum absolute atomic E-state index is 0.0478. The zero-order valence-electron chi connectivity index (χ0n) is 22.7. The van der Waals surface area contributed by atoms with E-state index in [1.54, 1.807) is 60.7 Å². The van der Waals surface area contributed by atoms with Crippen LogP contribution in [-0.4, -0.2) is 25.0 Å². The van der Waals surface area contributed by atoms with Gasteiger partial charge < -0.3 is 20.1 Å². The molecule has 0 aliphatic carbocycles. The summed E-state index contributed by atoms with van der Waals surface area (Å²) in [6.45, 7) is -0.141. The molecule has 2 aliphatic heterocycles. The lowest BCUT2D eigenvalue weighted by atomic mass is 9.94. The summed E-state index contributed by atoms with van der Waals surface area (Å²) >= 11 is 23.2. The molecule has 228 valence electrons. The summed E-state index contributed by atoms with van der Waals surface area (Å²) in [5.41, 5.74) is 2.89. The van der Waals surface area contributed by atoms with Crippen molar-refractivity contribution in [3.05, 3.63) is 139 Å². The van der Waals surface area contributed by atoms with Crippen LogP contribution in [0.1, 0.15) is 46.5 Å². The third-order valence-corrected chi connectivity index (χ3v) is 8.15. The van der Waals surface area contributed by atoms with Crippen molar-refractivity contribution in [1.29, 1.82) is 0 Å². The van der Waals surface area contributed by atoms with Gasteiger partial charge in [0.25, 0.3) is 0 Å². The van der Waals surface area contributed by atoms with E-state index in [4.69, 9.17) is 55.9 Å². The molecule has 0 unspecified atom stereocenters. The van der Waals surface area contributed by atoms with Gasteiger partial charge in [-0.05, 0) is 70.8 Å². The first-order chi connectivity index (χ1) is 21.1. The van der Waals surface area contributed by atoms with Gasteiger partial charge in [-0.2, -0.15) is 0 Å². The number of carbonyl (C=O) groups excluding carboxylic acids is 2. The van der Waals surface area contributed by atoms with Gasteiger partial charge in [0.05, 0.1) is 22.1 Å². The molecule has 4 aromatic carbocycles. The monoisotopic (exact) mass is 678 g/mol. The second-order valence-corrected chi connectivity index (χ2v) is 11.7. The fourth-order valence-electron chi connectivity index (χ4n) is 4.92. The molecule has 12 heteroatoms. The standard InChI is InChI=1S/2C16H12Cl2FNO2/c2*17-11-4-1-9(2-5-11)15-16(22-8-14(21)20-15)10-3-6-12(18)13(19)7-10/h2*1-7,15-16H,8H2,(H,20,21)/t2*15-,16+/m10/s1. The Morgan fingerprint density at radius 1 is 0.545 bits per heavy atom. The molecule has 44 heavy (non-hydrogen) atoms. The van der Waals surface area contributed by atoms with Gasteiger partial charge in [-0.3, -0.25) is 9.59 Å². The van der Waals surface area contributed by atoms with Crippen LogP contribution in [0.3, 0.4) is 0 Å². The van der Waals surface area contributed by atoms with Crippen LogP contribution in [0, 0.1) is 11.6 Å². The molecule has 6 rings (SSSR count). The van der Waals surface area contributed by atoms with Crippen LogP contribution >= 0.6 is 46.4 Å². The molecule has 0 spiro atoms. The molecule has 0 saturated carbocycles. The summed E-state index contributed by atoms with van der Waals surface area (Å²) in [7, 11) is 0. The Hall–Kier alpha value is -3.24. The molecule has 6 nitrogen and oxygen atoms in total. The van der Waals surface area contributed by atoms with Crippen molar-refractivity contribution in [2.24, 2.45) is 0 Å².